The molecule has 4 aromatic rings. The molecule has 0 aliphatic carbocycles. The number of carbonyl (C=O) groups is 1. The highest BCUT2D eigenvalue weighted by atomic mass is 19.3. The van der Waals surface area contributed by atoms with Crippen LogP contribution in [-0.2, 0) is 16.9 Å². The number of aliphatic hydroxyl groups is 1. The third kappa shape index (κ3) is 4.40. The van der Waals surface area contributed by atoms with Crippen LogP contribution < -0.4 is 5.32 Å². The van der Waals surface area contributed by atoms with Crippen molar-refractivity contribution in [3.63, 3.8) is 0 Å². The minimum Gasteiger partial charge on any atom is -0.373 e. The summed E-state index contributed by atoms with van der Waals surface area (Å²) in [6.07, 6.45) is 0.712. The van der Waals surface area contributed by atoms with E-state index in [-0.39, 0.29) is 18.1 Å². The zero-order valence-corrected chi connectivity index (χ0v) is 19.4. The maximum Gasteiger partial charge on any atom is 0.262 e. The summed E-state index contributed by atoms with van der Waals surface area (Å²) < 4.78 is 31.8. The molecule has 4 aromatic heterocycles. The molecule has 1 aliphatic rings. The number of likely N-dealkylation sites (tertiary alicyclic amines) is 1. The Hall–Kier alpha value is -4.26. The summed E-state index contributed by atoms with van der Waals surface area (Å²) in [5.74, 6) is -0.132. The van der Waals surface area contributed by atoms with Gasteiger partial charge in [0.15, 0.2) is 5.76 Å². The van der Waals surface area contributed by atoms with Crippen molar-refractivity contribution in [2.75, 3.05) is 18.9 Å². The van der Waals surface area contributed by atoms with Crippen LogP contribution in [0.1, 0.15) is 17.9 Å². The van der Waals surface area contributed by atoms with E-state index in [2.05, 4.69) is 30.5 Å². The molecule has 13 heteroatoms. The maximum atomic E-state index is 12.7. The fraction of sp³-hybridized carbons (Fsp3) is 0.304. The molecule has 11 nitrogen and oxygen atoms in total. The predicted octanol–water partition coefficient (Wildman–Crippen LogP) is 2.76. The predicted molar refractivity (Wildman–Crippen MR) is 123 cm³/mol. The van der Waals surface area contributed by atoms with Crippen LogP contribution >= 0.6 is 0 Å². The van der Waals surface area contributed by atoms with Crippen LogP contribution in [0.5, 0.6) is 0 Å². The molecule has 0 saturated carbocycles. The number of hydrogen-bond acceptors (Lipinski definition) is 9. The van der Waals surface area contributed by atoms with Crippen molar-refractivity contribution >= 4 is 17.5 Å². The highest BCUT2D eigenvalue weighted by Crippen LogP contribution is 2.34. The molecule has 36 heavy (non-hydrogen) atoms. The zero-order chi connectivity index (χ0) is 25.4. The van der Waals surface area contributed by atoms with Crippen LogP contribution in [0.15, 0.2) is 47.2 Å². The molecule has 5 heterocycles. The van der Waals surface area contributed by atoms with Gasteiger partial charge in [0.2, 0.25) is 11.5 Å². The fourth-order valence-electron chi connectivity index (χ4n) is 3.95. The molecule has 1 atom stereocenters. The second-order valence-electron chi connectivity index (χ2n) is 8.45. The number of carbonyl (C=O) groups excluding carboxylic acids is 1. The summed E-state index contributed by atoms with van der Waals surface area (Å²) in [6, 6.07) is 8.43. The van der Waals surface area contributed by atoms with Crippen molar-refractivity contribution < 1.29 is 23.2 Å². The number of rotatable bonds is 7. The zero-order valence-electron chi connectivity index (χ0n) is 19.4. The molecule has 186 valence electrons. The van der Waals surface area contributed by atoms with Crippen LogP contribution in [0.4, 0.5) is 20.4 Å². The van der Waals surface area contributed by atoms with Crippen molar-refractivity contribution in [2.24, 2.45) is 0 Å². The number of nitrogens with one attached hydrogen (secondary N) is 1. The number of pyridine rings is 1. The summed E-state index contributed by atoms with van der Waals surface area (Å²) in [5, 5.41) is 21.9. The monoisotopic (exact) mass is 496 g/mol. The number of hydrogen-bond donors (Lipinski definition) is 2. The van der Waals surface area contributed by atoms with Gasteiger partial charge < -0.3 is 19.8 Å². The van der Waals surface area contributed by atoms with Gasteiger partial charge in [0.25, 0.3) is 12.3 Å². The molecule has 0 bridgehead atoms. The highest BCUT2D eigenvalue weighted by molar-refractivity contribution is 5.87. The minimum atomic E-state index is -2.52. The number of aryl methyl sites for hydroxylation is 1. The number of aromatic nitrogens is 6. The molecular formula is C23H22F2N8O3. The van der Waals surface area contributed by atoms with E-state index in [0.717, 1.165) is 4.68 Å². The van der Waals surface area contributed by atoms with Crippen molar-refractivity contribution in [3.05, 3.63) is 54.2 Å². The van der Waals surface area contributed by atoms with E-state index in [1.54, 1.807) is 44.4 Å². The number of alkyl halides is 2. The van der Waals surface area contributed by atoms with Crippen LogP contribution in [0.25, 0.3) is 22.8 Å². The lowest BCUT2D eigenvalue weighted by Gasteiger charge is -2.16. The fourth-order valence-corrected chi connectivity index (χ4v) is 3.95. The Morgan fingerprint density at radius 1 is 1.19 bits per heavy atom. The average molecular weight is 496 g/mol. The summed E-state index contributed by atoms with van der Waals surface area (Å²) in [7, 11) is 1.62. The van der Waals surface area contributed by atoms with E-state index in [4.69, 9.17) is 4.52 Å². The first kappa shape index (κ1) is 23.5. The lowest BCUT2D eigenvalue weighted by molar-refractivity contribution is -0.144. The van der Waals surface area contributed by atoms with Gasteiger partial charge in [0.1, 0.15) is 12.2 Å². The molecule has 1 fully saturated rings. The SMILES string of the molecule is Cc1nn(CC(F)F)cc1Nc1nccc(-c2cccc(-c3cc([C@]4(O)CCN(C)C4=O)on3)n2)n1. The Labute approximate surface area is 203 Å². The van der Waals surface area contributed by atoms with Crippen LogP contribution in [0, 0.1) is 6.92 Å². The first-order chi connectivity index (χ1) is 17.2. The van der Waals surface area contributed by atoms with Crippen LogP contribution in [0.3, 0.4) is 0 Å². The van der Waals surface area contributed by atoms with Gasteiger partial charge >= 0.3 is 0 Å². The Bertz CT molecular complexity index is 1420. The molecule has 1 aliphatic heterocycles. The van der Waals surface area contributed by atoms with Gasteiger partial charge in [-0.2, -0.15) is 5.10 Å². The third-order valence-electron chi connectivity index (χ3n) is 5.87. The van der Waals surface area contributed by atoms with Gasteiger partial charge in [-0.1, -0.05) is 11.2 Å². The number of nitrogens with zero attached hydrogens (tertiary/aromatic N) is 7. The summed E-state index contributed by atoms with van der Waals surface area (Å²) in [5.41, 5.74) is 1.13. The smallest absolute Gasteiger partial charge is 0.262 e. The van der Waals surface area contributed by atoms with Gasteiger partial charge in [0, 0.05) is 38.5 Å². The summed E-state index contributed by atoms with van der Waals surface area (Å²) in [4.78, 5) is 27.1. The van der Waals surface area contributed by atoms with E-state index in [0.29, 0.717) is 40.7 Å². The number of amides is 1. The minimum absolute atomic E-state index is 0.0651. The molecule has 0 aromatic carbocycles. The lowest BCUT2D eigenvalue weighted by atomic mass is 9.98. The third-order valence-corrected chi connectivity index (χ3v) is 5.87. The normalized spacial score (nSPS) is 17.8. The van der Waals surface area contributed by atoms with Gasteiger partial charge in [-0.25, -0.2) is 23.7 Å². The van der Waals surface area contributed by atoms with Gasteiger partial charge in [0.05, 0.1) is 28.5 Å². The molecule has 5 rings (SSSR count). The first-order valence-electron chi connectivity index (χ1n) is 11.1. The highest BCUT2D eigenvalue weighted by Gasteiger charge is 2.48. The van der Waals surface area contributed by atoms with Gasteiger partial charge in [-0.15, -0.1) is 0 Å². The Morgan fingerprint density at radius 3 is 2.67 bits per heavy atom. The number of anilines is 2. The molecule has 2 N–H and O–H groups in total. The second-order valence-corrected chi connectivity index (χ2v) is 8.45. The summed E-state index contributed by atoms with van der Waals surface area (Å²) in [6.45, 7) is 1.60. The Balaban J connectivity index is 1.38. The van der Waals surface area contributed by atoms with Gasteiger partial charge in [-0.05, 0) is 25.1 Å². The average Bonchev–Trinajstić information content (AvgIpc) is 3.55. The topological polar surface area (TPSA) is 135 Å². The maximum absolute atomic E-state index is 12.7. The molecule has 1 amide bonds. The van der Waals surface area contributed by atoms with Crippen molar-refractivity contribution in [1.82, 2.24) is 34.8 Å². The Morgan fingerprint density at radius 2 is 1.94 bits per heavy atom. The van der Waals surface area contributed by atoms with Crippen LogP contribution in [0.2, 0.25) is 0 Å². The van der Waals surface area contributed by atoms with E-state index >= 15 is 0 Å². The van der Waals surface area contributed by atoms with Crippen molar-refractivity contribution in [3.8, 4) is 22.8 Å². The molecule has 0 spiro atoms. The second kappa shape index (κ2) is 9.07. The van der Waals surface area contributed by atoms with Crippen molar-refractivity contribution in [1.29, 1.82) is 0 Å². The van der Waals surface area contributed by atoms with E-state index in [1.807, 2.05) is 0 Å². The van der Waals surface area contributed by atoms with Gasteiger partial charge in [-0.3, -0.25) is 9.48 Å². The number of likely N-dealkylation sites (N-methyl/N-ethyl adjacent to an activating group) is 1. The first-order valence-corrected chi connectivity index (χ1v) is 11.1. The lowest BCUT2D eigenvalue weighted by Crippen LogP contribution is -2.35. The molecular weight excluding hydrogens is 474 g/mol. The Kier molecular flexibility index (Phi) is 5.92. The largest absolute Gasteiger partial charge is 0.373 e. The van der Waals surface area contributed by atoms with E-state index in [9.17, 15) is 18.7 Å². The summed E-state index contributed by atoms with van der Waals surface area (Å²) >= 11 is 0. The van der Waals surface area contributed by atoms with Crippen LogP contribution in [-0.4, -0.2) is 65.8 Å². The van der Waals surface area contributed by atoms with E-state index < -0.39 is 24.5 Å². The van der Waals surface area contributed by atoms with Crippen molar-refractivity contribution in [2.45, 2.75) is 31.9 Å². The standard InChI is InChI=1S/C23H22F2N8O3/c1-13-18(11-33(30-13)12-20(24)25)29-22-26-8-6-16(28-22)14-4-3-5-15(27-14)17-10-19(36-31-17)23(35)7-9-32(2)21(23)34/h3-6,8,10-11,20,35H,7,9,12H2,1-2H3,(H,26,28,29)/t23-/m1/s1. The van der Waals surface area contributed by atoms with E-state index in [1.165, 1.54) is 17.2 Å². The molecule has 0 radical (unpaired) electrons. The quantitative estimate of drug-likeness (QED) is 0.396. The molecule has 0 unspecified atom stereocenters. The molecule has 1 saturated heterocycles. The number of halogens is 2.